The second-order valence-corrected chi connectivity index (χ2v) is 4.03. The Labute approximate surface area is 85.0 Å². The zero-order valence-corrected chi connectivity index (χ0v) is 8.32. The average Bonchev–Trinajstić information content (AvgIpc) is 3.03. The van der Waals surface area contributed by atoms with Crippen LogP contribution in [0, 0.1) is 5.92 Å². The lowest BCUT2D eigenvalue weighted by Crippen LogP contribution is -2.23. The lowest BCUT2D eigenvalue weighted by Gasteiger charge is -2.11. The van der Waals surface area contributed by atoms with Gasteiger partial charge in [-0.1, -0.05) is 30.3 Å². The summed E-state index contributed by atoms with van der Waals surface area (Å²) in [4.78, 5) is 0. The maximum absolute atomic E-state index is 9.79. The van der Waals surface area contributed by atoms with Crippen molar-refractivity contribution in [3.63, 3.8) is 0 Å². The molecule has 2 rings (SSSR count). The molecule has 0 bridgehead atoms. The zero-order chi connectivity index (χ0) is 9.80. The number of hydrogen-bond donors (Lipinski definition) is 2. The highest BCUT2D eigenvalue weighted by molar-refractivity contribution is 5.17. The van der Waals surface area contributed by atoms with Crippen LogP contribution in [0.3, 0.4) is 0 Å². The number of rotatable bonds is 5. The Morgan fingerprint density at radius 3 is 2.64 bits per heavy atom. The summed E-state index contributed by atoms with van der Waals surface area (Å²) >= 11 is 0. The minimum Gasteiger partial charge on any atom is -0.387 e. The Morgan fingerprint density at radius 1 is 1.29 bits per heavy atom. The summed E-state index contributed by atoms with van der Waals surface area (Å²) in [6.07, 6.45) is 2.35. The summed E-state index contributed by atoms with van der Waals surface area (Å²) in [5.74, 6) is 0.873. The number of nitrogens with one attached hydrogen (secondary N) is 1. The average molecular weight is 191 g/mol. The molecule has 1 atom stereocenters. The number of hydrogen-bond acceptors (Lipinski definition) is 2. The monoisotopic (exact) mass is 191 g/mol. The van der Waals surface area contributed by atoms with Crippen LogP contribution in [0.15, 0.2) is 30.3 Å². The molecule has 0 radical (unpaired) electrons. The van der Waals surface area contributed by atoms with E-state index in [2.05, 4.69) is 5.32 Å². The minimum absolute atomic E-state index is 0.366. The molecule has 2 N–H and O–H groups in total. The second-order valence-electron chi connectivity index (χ2n) is 4.03. The molecule has 0 saturated heterocycles. The van der Waals surface area contributed by atoms with Gasteiger partial charge < -0.3 is 10.4 Å². The minimum atomic E-state index is -0.366. The van der Waals surface area contributed by atoms with Crippen molar-refractivity contribution in [2.24, 2.45) is 5.92 Å². The van der Waals surface area contributed by atoms with E-state index in [0.29, 0.717) is 6.54 Å². The van der Waals surface area contributed by atoms with Crippen molar-refractivity contribution < 1.29 is 5.11 Å². The van der Waals surface area contributed by atoms with Crippen molar-refractivity contribution in [3.05, 3.63) is 35.9 Å². The van der Waals surface area contributed by atoms with Crippen LogP contribution in [-0.2, 0) is 0 Å². The van der Waals surface area contributed by atoms with Crippen LogP contribution >= 0.6 is 0 Å². The molecule has 1 aromatic carbocycles. The maximum Gasteiger partial charge on any atom is 0.0914 e. The van der Waals surface area contributed by atoms with E-state index in [9.17, 15) is 5.11 Å². The van der Waals surface area contributed by atoms with Gasteiger partial charge in [0.2, 0.25) is 0 Å². The summed E-state index contributed by atoms with van der Waals surface area (Å²) in [5.41, 5.74) is 0.996. The van der Waals surface area contributed by atoms with E-state index in [4.69, 9.17) is 0 Å². The molecule has 76 valence electrons. The van der Waals surface area contributed by atoms with E-state index in [0.717, 1.165) is 18.0 Å². The van der Waals surface area contributed by atoms with Crippen LogP contribution in [0.4, 0.5) is 0 Å². The molecule has 1 fully saturated rings. The third-order valence-electron chi connectivity index (χ3n) is 2.65. The predicted octanol–water partition coefficient (Wildman–Crippen LogP) is 1.72. The predicted molar refractivity (Wildman–Crippen MR) is 57.0 cm³/mol. The Hall–Kier alpha value is -0.860. The van der Waals surface area contributed by atoms with E-state index >= 15 is 0 Å². The smallest absolute Gasteiger partial charge is 0.0914 e. The van der Waals surface area contributed by atoms with Crippen LogP contribution in [0.1, 0.15) is 24.5 Å². The normalized spacial score (nSPS) is 18.1. The molecule has 0 aromatic heterocycles. The lowest BCUT2D eigenvalue weighted by molar-refractivity contribution is 0.174. The Balaban J connectivity index is 1.74. The third kappa shape index (κ3) is 2.82. The Kier molecular flexibility index (Phi) is 3.17. The van der Waals surface area contributed by atoms with E-state index in [1.54, 1.807) is 0 Å². The first-order valence-corrected chi connectivity index (χ1v) is 5.30. The van der Waals surface area contributed by atoms with Gasteiger partial charge in [-0.25, -0.2) is 0 Å². The molecule has 14 heavy (non-hydrogen) atoms. The zero-order valence-electron chi connectivity index (χ0n) is 8.32. The summed E-state index contributed by atoms with van der Waals surface area (Å²) in [6, 6.07) is 9.81. The fourth-order valence-corrected chi connectivity index (χ4v) is 1.54. The van der Waals surface area contributed by atoms with Crippen molar-refractivity contribution >= 4 is 0 Å². The van der Waals surface area contributed by atoms with Crippen LogP contribution in [0.2, 0.25) is 0 Å². The summed E-state index contributed by atoms with van der Waals surface area (Å²) in [6.45, 7) is 1.73. The second kappa shape index (κ2) is 4.58. The van der Waals surface area contributed by atoms with Crippen molar-refractivity contribution in [2.45, 2.75) is 18.9 Å². The largest absolute Gasteiger partial charge is 0.387 e. The van der Waals surface area contributed by atoms with Gasteiger partial charge in [0.25, 0.3) is 0 Å². The van der Waals surface area contributed by atoms with Gasteiger partial charge in [-0.2, -0.15) is 0 Å². The molecule has 1 unspecified atom stereocenters. The highest BCUT2D eigenvalue weighted by Gasteiger charge is 2.20. The topological polar surface area (TPSA) is 32.3 Å². The van der Waals surface area contributed by atoms with Gasteiger partial charge in [-0.3, -0.25) is 0 Å². The van der Waals surface area contributed by atoms with Gasteiger partial charge in [0.15, 0.2) is 0 Å². The Bertz CT molecular complexity index is 269. The van der Waals surface area contributed by atoms with Crippen LogP contribution in [0.5, 0.6) is 0 Å². The summed E-state index contributed by atoms with van der Waals surface area (Å²) < 4.78 is 0. The van der Waals surface area contributed by atoms with Gasteiger partial charge in [-0.15, -0.1) is 0 Å². The molecule has 0 heterocycles. The summed E-state index contributed by atoms with van der Waals surface area (Å²) in [7, 11) is 0. The molecule has 2 heteroatoms. The van der Waals surface area contributed by atoms with Crippen LogP contribution < -0.4 is 5.32 Å². The third-order valence-corrected chi connectivity index (χ3v) is 2.65. The highest BCUT2D eigenvalue weighted by atomic mass is 16.3. The molecule has 1 saturated carbocycles. The first-order chi connectivity index (χ1) is 6.86. The van der Waals surface area contributed by atoms with Crippen molar-refractivity contribution in [3.8, 4) is 0 Å². The first kappa shape index (κ1) is 9.69. The maximum atomic E-state index is 9.79. The highest BCUT2D eigenvalue weighted by Crippen LogP contribution is 2.27. The van der Waals surface area contributed by atoms with Gasteiger partial charge in [-0.05, 0) is 30.9 Å². The summed E-state index contributed by atoms with van der Waals surface area (Å²) in [5, 5.41) is 13.1. The number of aliphatic hydroxyl groups is 1. The molecule has 0 spiro atoms. The molecule has 0 aliphatic heterocycles. The van der Waals surface area contributed by atoms with Crippen molar-refractivity contribution in [2.75, 3.05) is 13.1 Å². The number of benzene rings is 1. The van der Waals surface area contributed by atoms with E-state index < -0.39 is 0 Å². The molecule has 2 nitrogen and oxygen atoms in total. The standard InChI is InChI=1S/C12H17NO/c14-12(9-13-8-10-6-7-10)11-4-2-1-3-5-11/h1-5,10,12-14H,6-9H2. The lowest BCUT2D eigenvalue weighted by atomic mass is 10.1. The number of aliphatic hydroxyl groups excluding tert-OH is 1. The van der Waals surface area contributed by atoms with Crippen molar-refractivity contribution in [1.82, 2.24) is 5.32 Å². The van der Waals surface area contributed by atoms with Gasteiger partial charge in [0, 0.05) is 6.54 Å². The van der Waals surface area contributed by atoms with Crippen LogP contribution in [0.25, 0.3) is 0 Å². The molecular formula is C12H17NO. The molecule has 0 amide bonds. The van der Waals surface area contributed by atoms with Gasteiger partial charge in [0.1, 0.15) is 0 Å². The SMILES string of the molecule is OC(CNCC1CC1)c1ccccc1. The molecule has 1 aliphatic carbocycles. The Morgan fingerprint density at radius 2 is 2.00 bits per heavy atom. The van der Waals surface area contributed by atoms with Crippen LogP contribution in [-0.4, -0.2) is 18.2 Å². The van der Waals surface area contributed by atoms with E-state index in [1.165, 1.54) is 12.8 Å². The first-order valence-electron chi connectivity index (χ1n) is 5.30. The quantitative estimate of drug-likeness (QED) is 0.742. The fraction of sp³-hybridized carbons (Fsp3) is 0.500. The molecule has 1 aliphatic rings. The van der Waals surface area contributed by atoms with E-state index in [-0.39, 0.29) is 6.10 Å². The molecular weight excluding hydrogens is 174 g/mol. The van der Waals surface area contributed by atoms with E-state index in [1.807, 2.05) is 30.3 Å². The fourth-order valence-electron chi connectivity index (χ4n) is 1.54. The van der Waals surface area contributed by atoms with Gasteiger partial charge in [0.05, 0.1) is 6.10 Å². The van der Waals surface area contributed by atoms with Crippen molar-refractivity contribution in [1.29, 1.82) is 0 Å². The van der Waals surface area contributed by atoms with Gasteiger partial charge >= 0.3 is 0 Å². The molecule has 1 aromatic rings.